The second-order valence-electron chi connectivity index (χ2n) is 9.07. The maximum atomic E-state index is 11.4. The highest BCUT2D eigenvalue weighted by atomic mass is 16.6. The fourth-order valence-corrected chi connectivity index (χ4v) is 6.88. The molecule has 20 heavy (non-hydrogen) atoms. The second kappa shape index (κ2) is 3.26. The highest BCUT2D eigenvalue weighted by Gasteiger charge is 2.81. The summed E-state index contributed by atoms with van der Waals surface area (Å²) < 4.78 is 6.13. The molecule has 4 fully saturated rings. The smallest absolute Gasteiger partial charge is 0.306 e. The van der Waals surface area contributed by atoms with E-state index in [2.05, 4.69) is 27.7 Å². The van der Waals surface area contributed by atoms with Crippen LogP contribution in [0.2, 0.25) is 0 Å². The molecule has 4 aliphatic rings. The number of hydrogen-bond acceptors (Lipinski definition) is 2. The third-order valence-electron chi connectivity index (χ3n) is 7.71. The number of hydrogen-bond donors (Lipinski definition) is 1. The van der Waals surface area contributed by atoms with Crippen LogP contribution in [0.5, 0.6) is 0 Å². The van der Waals surface area contributed by atoms with Gasteiger partial charge in [0.25, 0.3) is 0 Å². The van der Waals surface area contributed by atoms with E-state index in [9.17, 15) is 9.90 Å². The fraction of sp³-hybridized carbons (Fsp3) is 0.941. The van der Waals surface area contributed by atoms with Crippen molar-refractivity contribution < 1.29 is 14.6 Å². The van der Waals surface area contributed by atoms with Gasteiger partial charge < -0.3 is 9.84 Å². The lowest BCUT2D eigenvalue weighted by Crippen LogP contribution is -2.57. The molecule has 3 heteroatoms. The van der Waals surface area contributed by atoms with Gasteiger partial charge in [0, 0.05) is 5.92 Å². The van der Waals surface area contributed by atoms with Crippen molar-refractivity contribution in [3.05, 3.63) is 0 Å². The largest absolute Gasteiger partial charge is 0.481 e. The first-order chi connectivity index (χ1) is 9.16. The summed E-state index contributed by atoms with van der Waals surface area (Å²) in [7, 11) is 0. The Balaban J connectivity index is 1.84. The number of aliphatic carboxylic acids is 1. The number of rotatable bonds is 2. The maximum absolute atomic E-state index is 11.4. The summed E-state index contributed by atoms with van der Waals surface area (Å²) in [6, 6.07) is 0. The van der Waals surface area contributed by atoms with E-state index >= 15 is 0 Å². The van der Waals surface area contributed by atoms with Crippen LogP contribution in [0.15, 0.2) is 0 Å². The molecule has 2 bridgehead atoms. The van der Waals surface area contributed by atoms with Crippen LogP contribution in [0.4, 0.5) is 0 Å². The van der Waals surface area contributed by atoms with Crippen molar-refractivity contribution in [3.8, 4) is 0 Å². The Morgan fingerprint density at radius 1 is 1.25 bits per heavy atom. The van der Waals surface area contributed by atoms with E-state index in [0.717, 1.165) is 12.3 Å². The second-order valence-corrected chi connectivity index (χ2v) is 9.07. The van der Waals surface area contributed by atoms with Gasteiger partial charge in [-0.15, -0.1) is 0 Å². The van der Waals surface area contributed by atoms with Gasteiger partial charge in [0.05, 0.1) is 12.5 Å². The number of ether oxygens (including phenoxy) is 1. The summed E-state index contributed by atoms with van der Waals surface area (Å²) in [4.78, 5) is 11.4. The van der Waals surface area contributed by atoms with Crippen molar-refractivity contribution in [2.24, 2.45) is 28.1 Å². The van der Waals surface area contributed by atoms with Gasteiger partial charge in [0.2, 0.25) is 0 Å². The van der Waals surface area contributed by atoms with Crippen molar-refractivity contribution in [2.45, 2.75) is 71.5 Å². The fourth-order valence-electron chi connectivity index (χ4n) is 6.88. The average Bonchev–Trinajstić information content (AvgIpc) is 2.68. The Labute approximate surface area is 121 Å². The zero-order valence-electron chi connectivity index (χ0n) is 13.0. The van der Waals surface area contributed by atoms with E-state index < -0.39 is 5.97 Å². The van der Waals surface area contributed by atoms with Crippen LogP contribution in [0.3, 0.4) is 0 Å². The summed E-state index contributed by atoms with van der Waals surface area (Å²) in [6.45, 7) is 9.53. The van der Waals surface area contributed by atoms with Gasteiger partial charge >= 0.3 is 5.97 Å². The van der Waals surface area contributed by atoms with E-state index in [0.29, 0.717) is 11.3 Å². The molecule has 1 N–H and O–H groups in total. The van der Waals surface area contributed by atoms with E-state index in [-0.39, 0.29) is 29.0 Å². The third-order valence-corrected chi connectivity index (χ3v) is 7.71. The minimum Gasteiger partial charge on any atom is -0.481 e. The Bertz CT molecular complexity index is 494. The van der Waals surface area contributed by atoms with Crippen LogP contribution in [-0.4, -0.2) is 22.8 Å². The monoisotopic (exact) mass is 278 g/mol. The Kier molecular flexibility index (Phi) is 2.14. The van der Waals surface area contributed by atoms with Gasteiger partial charge in [0.15, 0.2) is 0 Å². The van der Waals surface area contributed by atoms with Crippen LogP contribution in [0.25, 0.3) is 0 Å². The molecular formula is C17H26O3. The number of epoxide rings is 1. The summed E-state index contributed by atoms with van der Waals surface area (Å²) in [5.41, 5.74) is 0.465. The van der Waals surface area contributed by atoms with E-state index in [1.807, 2.05) is 0 Å². The number of carboxylic acid groups (broad SMARTS) is 1. The van der Waals surface area contributed by atoms with Gasteiger partial charge in [-0.25, -0.2) is 0 Å². The minimum absolute atomic E-state index is 0.183. The topological polar surface area (TPSA) is 49.8 Å². The lowest BCUT2D eigenvalue weighted by Gasteiger charge is -2.57. The molecule has 0 aromatic heterocycles. The Morgan fingerprint density at radius 3 is 2.60 bits per heavy atom. The zero-order valence-corrected chi connectivity index (χ0v) is 13.0. The minimum atomic E-state index is -0.694. The summed E-state index contributed by atoms with van der Waals surface area (Å²) >= 11 is 0. The Hall–Kier alpha value is -0.570. The van der Waals surface area contributed by atoms with Crippen molar-refractivity contribution in [2.75, 3.05) is 0 Å². The molecule has 1 saturated heterocycles. The molecule has 3 aliphatic carbocycles. The summed E-state index contributed by atoms with van der Waals surface area (Å²) in [5, 5.41) is 9.37. The summed E-state index contributed by atoms with van der Waals surface area (Å²) in [5.74, 6) is 0.479. The third kappa shape index (κ3) is 1.21. The SMILES string of the molecule is CC1(C)C2CCC3(C2)C1C1(CC(=O)O)OC1CC3(C)C. The molecular weight excluding hydrogens is 252 g/mol. The highest BCUT2D eigenvalue weighted by Crippen LogP contribution is 2.81. The molecule has 0 amide bonds. The molecule has 1 heterocycles. The lowest BCUT2D eigenvalue weighted by atomic mass is 9.46. The quantitative estimate of drug-likeness (QED) is 0.787. The average molecular weight is 278 g/mol. The normalized spacial score (nSPS) is 53.3. The zero-order chi connectivity index (χ0) is 14.6. The van der Waals surface area contributed by atoms with E-state index in [1.165, 1.54) is 19.3 Å². The number of carboxylic acids is 1. The van der Waals surface area contributed by atoms with Gasteiger partial charge in [-0.3, -0.25) is 4.79 Å². The van der Waals surface area contributed by atoms with Crippen LogP contribution >= 0.6 is 0 Å². The lowest BCUT2D eigenvalue weighted by molar-refractivity contribution is -0.143. The van der Waals surface area contributed by atoms with Gasteiger partial charge in [-0.2, -0.15) is 0 Å². The molecule has 0 radical (unpaired) electrons. The first-order valence-electron chi connectivity index (χ1n) is 8.05. The molecule has 0 aromatic rings. The molecule has 0 aromatic carbocycles. The molecule has 1 spiro atoms. The van der Waals surface area contributed by atoms with Crippen molar-refractivity contribution in [1.82, 2.24) is 0 Å². The molecule has 3 saturated carbocycles. The molecule has 112 valence electrons. The number of carbonyl (C=O) groups is 1. The maximum Gasteiger partial charge on any atom is 0.306 e. The van der Waals surface area contributed by atoms with Crippen molar-refractivity contribution in [3.63, 3.8) is 0 Å². The standard InChI is InChI=1S/C17H26O3/c1-14(2)8-11-17(20-11,9-12(18)19)13-15(3,4)10-5-6-16(13,14)7-10/h10-11,13H,5-9H2,1-4H3,(H,18,19). The molecule has 5 unspecified atom stereocenters. The molecule has 3 nitrogen and oxygen atoms in total. The summed E-state index contributed by atoms with van der Waals surface area (Å²) in [6.07, 6.45) is 5.31. The predicted molar refractivity (Wildman–Crippen MR) is 75.3 cm³/mol. The van der Waals surface area contributed by atoms with Gasteiger partial charge in [-0.05, 0) is 47.8 Å². The van der Waals surface area contributed by atoms with Crippen LogP contribution < -0.4 is 0 Å². The van der Waals surface area contributed by atoms with Crippen molar-refractivity contribution >= 4 is 5.97 Å². The Morgan fingerprint density at radius 2 is 1.95 bits per heavy atom. The first kappa shape index (κ1) is 13.1. The van der Waals surface area contributed by atoms with Crippen LogP contribution in [-0.2, 0) is 9.53 Å². The van der Waals surface area contributed by atoms with Crippen molar-refractivity contribution in [1.29, 1.82) is 0 Å². The number of fused-ring (bicyclic) bond motifs is 3. The van der Waals surface area contributed by atoms with Gasteiger partial charge in [-0.1, -0.05) is 27.7 Å². The van der Waals surface area contributed by atoms with Gasteiger partial charge in [0.1, 0.15) is 5.60 Å². The van der Waals surface area contributed by atoms with Crippen LogP contribution in [0, 0.1) is 28.1 Å². The first-order valence-corrected chi connectivity index (χ1v) is 8.05. The van der Waals surface area contributed by atoms with E-state index in [4.69, 9.17) is 4.74 Å². The molecule has 1 aliphatic heterocycles. The highest BCUT2D eigenvalue weighted by molar-refractivity contribution is 5.69. The van der Waals surface area contributed by atoms with Crippen LogP contribution in [0.1, 0.15) is 59.8 Å². The van der Waals surface area contributed by atoms with E-state index in [1.54, 1.807) is 0 Å². The molecule has 5 atom stereocenters. The predicted octanol–water partition coefficient (Wildman–Crippen LogP) is 3.47. The molecule has 4 rings (SSSR count).